The van der Waals surface area contributed by atoms with E-state index in [1.807, 2.05) is 0 Å². The molecule has 21 heavy (non-hydrogen) atoms. The maximum Gasteiger partial charge on any atom is 0.185 e. The Morgan fingerprint density at radius 1 is 0.905 bits per heavy atom. The molecule has 0 bridgehead atoms. The summed E-state index contributed by atoms with van der Waals surface area (Å²) in [5.41, 5.74) is -0.328. The van der Waals surface area contributed by atoms with Crippen LogP contribution in [0.4, 0.5) is 27.6 Å². The van der Waals surface area contributed by atoms with Crippen LogP contribution in [0.2, 0.25) is 0 Å². The van der Waals surface area contributed by atoms with E-state index in [9.17, 15) is 22.0 Å². The van der Waals surface area contributed by atoms with Crippen LogP contribution in [0.25, 0.3) is 0 Å². The zero-order valence-electron chi connectivity index (χ0n) is 11.1. The number of hydrogen-bond donors (Lipinski definition) is 1. The standard InChI is InChI=1S/C15H12F5N/c1-2-12(8-3-5-9(16)6-4-8)21-15-13(19)10(17)7-11(18)14(15)20/h3-7,12,21H,2H2,1H3. The van der Waals surface area contributed by atoms with Gasteiger partial charge < -0.3 is 5.32 Å². The van der Waals surface area contributed by atoms with Gasteiger partial charge in [-0.3, -0.25) is 0 Å². The van der Waals surface area contributed by atoms with Crippen molar-refractivity contribution in [3.63, 3.8) is 0 Å². The van der Waals surface area contributed by atoms with Gasteiger partial charge in [-0.15, -0.1) is 0 Å². The van der Waals surface area contributed by atoms with Crippen LogP contribution in [0, 0.1) is 29.1 Å². The molecule has 0 heterocycles. The van der Waals surface area contributed by atoms with Gasteiger partial charge in [-0.25, -0.2) is 22.0 Å². The van der Waals surface area contributed by atoms with Crippen molar-refractivity contribution in [2.45, 2.75) is 19.4 Å². The Morgan fingerprint density at radius 2 is 1.43 bits per heavy atom. The molecule has 0 spiro atoms. The van der Waals surface area contributed by atoms with E-state index in [0.29, 0.717) is 12.0 Å². The maximum atomic E-state index is 13.6. The summed E-state index contributed by atoms with van der Waals surface area (Å²) in [6.45, 7) is 1.71. The van der Waals surface area contributed by atoms with Crippen molar-refractivity contribution >= 4 is 5.69 Å². The number of rotatable bonds is 4. The molecule has 0 aliphatic carbocycles. The summed E-state index contributed by atoms with van der Waals surface area (Å²) in [6.07, 6.45) is 0.378. The van der Waals surface area contributed by atoms with Gasteiger partial charge in [0.25, 0.3) is 0 Å². The van der Waals surface area contributed by atoms with Crippen molar-refractivity contribution in [1.82, 2.24) is 0 Å². The van der Waals surface area contributed by atoms with Crippen LogP contribution in [0.15, 0.2) is 30.3 Å². The van der Waals surface area contributed by atoms with Crippen molar-refractivity contribution in [3.05, 3.63) is 65.0 Å². The Morgan fingerprint density at radius 3 is 1.90 bits per heavy atom. The predicted octanol–water partition coefficient (Wildman–Crippen LogP) is 4.95. The van der Waals surface area contributed by atoms with E-state index in [0.717, 1.165) is 0 Å². The van der Waals surface area contributed by atoms with Gasteiger partial charge in [0.05, 0.1) is 6.04 Å². The predicted molar refractivity (Wildman–Crippen MR) is 69.3 cm³/mol. The third-order valence-corrected chi connectivity index (χ3v) is 3.11. The molecule has 2 aromatic rings. The lowest BCUT2D eigenvalue weighted by molar-refractivity contribution is 0.456. The second-order valence-corrected chi connectivity index (χ2v) is 4.50. The van der Waals surface area contributed by atoms with E-state index in [1.165, 1.54) is 24.3 Å². The molecule has 0 radical (unpaired) electrons. The SMILES string of the molecule is CCC(Nc1c(F)c(F)cc(F)c1F)c1ccc(F)cc1. The first-order valence-corrected chi connectivity index (χ1v) is 6.29. The average molecular weight is 301 g/mol. The van der Waals surface area contributed by atoms with E-state index < -0.39 is 40.8 Å². The molecule has 112 valence electrons. The average Bonchev–Trinajstić information content (AvgIpc) is 2.47. The Hall–Kier alpha value is -2.11. The smallest absolute Gasteiger partial charge is 0.185 e. The molecule has 2 aromatic carbocycles. The minimum Gasteiger partial charge on any atom is -0.373 e. The van der Waals surface area contributed by atoms with Gasteiger partial charge in [-0.2, -0.15) is 0 Å². The fourth-order valence-corrected chi connectivity index (χ4v) is 1.99. The molecule has 0 aliphatic heterocycles. The van der Waals surface area contributed by atoms with E-state index >= 15 is 0 Å². The zero-order chi connectivity index (χ0) is 15.6. The summed E-state index contributed by atoms with van der Waals surface area (Å²) in [4.78, 5) is 0. The molecule has 0 saturated heterocycles. The van der Waals surface area contributed by atoms with Crippen molar-refractivity contribution in [2.75, 3.05) is 5.32 Å². The molecule has 0 fully saturated rings. The molecule has 1 N–H and O–H groups in total. The van der Waals surface area contributed by atoms with Crippen molar-refractivity contribution in [1.29, 1.82) is 0 Å². The van der Waals surface area contributed by atoms with Gasteiger partial charge in [0.1, 0.15) is 11.5 Å². The summed E-state index contributed by atoms with van der Waals surface area (Å²) >= 11 is 0. The first-order chi connectivity index (χ1) is 9.93. The van der Waals surface area contributed by atoms with Crippen LogP contribution >= 0.6 is 0 Å². The Labute approximate surface area is 118 Å². The molecule has 0 aromatic heterocycles. The van der Waals surface area contributed by atoms with Crippen molar-refractivity contribution in [3.8, 4) is 0 Å². The van der Waals surface area contributed by atoms with Crippen LogP contribution in [0.5, 0.6) is 0 Å². The number of nitrogens with one attached hydrogen (secondary N) is 1. The Balaban J connectivity index is 2.37. The third kappa shape index (κ3) is 3.15. The van der Waals surface area contributed by atoms with E-state index in [4.69, 9.17) is 0 Å². The highest BCUT2D eigenvalue weighted by Crippen LogP contribution is 2.29. The Bertz CT molecular complexity index is 613. The monoisotopic (exact) mass is 301 g/mol. The van der Waals surface area contributed by atoms with Crippen molar-refractivity contribution in [2.24, 2.45) is 0 Å². The van der Waals surface area contributed by atoms with Crippen LogP contribution in [-0.2, 0) is 0 Å². The lowest BCUT2D eigenvalue weighted by Gasteiger charge is -2.20. The summed E-state index contributed by atoms with van der Waals surface area (Å²) in [6, 6.07) is 4.78. The largest absolute Gasteiger partial charge is 0.373 e. The first-order valence-electron chi connectivity index (χ1n) is 6.29. The fourth-order valence-electron chi connectivity index (χ4n) is 1.99. The lowest BCUT2D eigenvalue weighted by Crippen LogP contribution is -2.14. The minimum atomic E-state index is -1.49. The van der Waals surface area contributed by atoms with Crippen LogP contribution < -0.4 is 5.32 Å². The molecule has 6 heteroatoms. The van der Waals surface area contributed by atoms with Gasteiger partial charge in [0.15, 0.2) is 23.3 Å². The normalized spacial score (nSPS) is 12.3. The first kappa shape index (κ1) is 15.3. The van der Waals surface area contributed by atoms with E-state index in [-0.39, 0.29) is 6.07 Å². The summed E-state index contributed by atoms with van der Waals surface area (Å²) in [7, 11) is 0. The summed E-state index contributed by atoms with van der Waals surface area (Å²) in [5, 5.41) is 2.43. The molecular weight excluding hydrogens is 289 g/mol. The third-order valence-electron chi connectivity index (χ3n) is 3.11. The topological polar surface area (TPSA) is 12.0 Å². The number of benzene rings is 2. The summed E-state index contributed by atoms with van der Waals surface area (Å²) < 4.78 is 66.4. The highest BCUT2D eigenvalue weighted by Gasteiger charge is 2.21. The highest BCUT2D eigenvalue weighted by molar-refractivity contribution is 5.49. The van der Waals surface area contributed by atoms with Crippen LogP contribution in [0.3, 0.4) is 0 Å². The lowest BCUT2D eigenvalue weighted by atomic mass is 10.0. The van der Waals surface area contributed by atoms with Crippen molar-refractivity contribution < 1.29 is 22.0 Å². The van der Waals surface area contributed by atoms with Gasteiger partial charge in [-0.05, 0) is 24.1 Å². The van der Waals surface area contributed by atoms with Gasteiger partial charge in [0, 0.05) is 6.07 Å². The highest BCUT2D eigenvalue weighted by atomic mass is 19.2. The maximum absolute atomic E-state index is 13.6. The molecule has 1 atom stereocenters. The van der Waals surface area contributed by atoms with Gasteiger partial charge in [-0.1, -0.05) is 19.1 Å². The molecule has 1 nitrogen and oxygen atoms in total. The molecule has 1 unspecified atom stereocenters. The Kier molecular flexibility index (Phi) is 4.45. The molecule has 0 aliphatic rings. The molecule has 0 saturated carbocycles. The summed E-state index contributed by atoms with van der Waals surface area (Å²) in [5.74, 6) is -6.40. The molecule has 0 amide bonds. The van der Waals surface area contributed by atoms with E-state index in [1.54, 1.807) is 6.92 Å². The second kappa shape index (κ2) is 6.11. The fraction of sp³-hybridized carbons (Fsp3) is 0.200. The zero-order valence-corrected chi connectivity index (χ0v) is 11.1. The van der Waals surface area contributed by atoms with Gasteiger partial charge in [0.2, 0.25) is 0 Å². The second-order valence-electron chi connectivity index (χ2n) is 4.50. The van der Waals surface area contributed by atoms with E-state index in [2.05, 4.69) is 5.32 Å². The quantitative estimate of drug-likeness (QED) is 0.622. The minimum absolute atomic E-state index is 0.148. The molecule has 2 rings (SSSR count). The van der Waals surface area contributed by atoms with Crippen LogP contribution in [0.1, 0.15) is 24.9 Å². The number of halogens is 5. The number of hydrogen-bond acceptors (Lipinski definition) is 1. The molecular formula is C15H12F5N. The van der Waals surface area contributed by atoms with Gasteiger partial charge >= 0.3 is 0 Å². The number of anilines is 1. The van der Waals surface area contributed by atoms with Crippen LogP contribution in [-0.4, -0.2) is 0 Å².